The zero-order valence-corrected chi connectivity index (χ0v) is 13.0. The van der Waals surface area contributed by atoms with E-state index < -0.39 is 0 Å². The Morgan fingerprint density at radius 2 is 1.74 bits per heavy atom. The number of fused-ring (bicyclic) bond motifs is 1. The van der Waals surface area contributed by atoms with Gasteiger partial charge in [0.05, 0.1) is 0 Å². The van der Waals surface area contributed by atoms with Crippen LogP contribution in [-0.2, 0) is 6.54 Å². The Morgan fingerprint density at radius 1 is 1.00 bits per heavy atom. The van der Waals surface area contributed by atoms with Gasteiger partial charge in [-0.2, -0.15) is 0 Å². The van der Waals surface area contributed by atoms with Crippen LogP contribution in [0.4, 0.5) is 0 Å². The van der Waals surface area contributed by atoms with E-state index in [-0.39, 0.29) is 0 Å². The molecule has 0 aliphatic heterocycles. The molecule has 0 fully saturated rings. The minimum absolute atomic E-state index is 0.657. The van der Waals surface area contributed by atoms with Gasteiger partial charge in [0.25, 0.3) is 0 Å². The Labute approximate surface area is 133 Å². The first-order valence-electron chi connectivity index (χ1n) is 7.48. The molecule has 0 bridgehead atoms. The molecule has 0 unspecified atom stereocenters. The van der Waals surface area contributed by atoms with E-state index in [1.165, 1.54) is 11.1 Å². The molecule has 0 aliphatic carbocycles. The van der Waals surface area contributed by atoms with Crippen molar-refractivity contribution in [2.45, 2.75) is 20.4 Å². The topological polar surface area (TPSA) is 56.7 Å². The summed E-state index contributed by atoms with van der Waals surface area (Å²) in [6, 6.07) is 12.4. The van der Waals surface area contributed by atoms with Gasteiger partial charge in [-0.15, -0.1) is 10.2 Å². The average Bonchev–Trinajstić information content (AvgIpc) is 3.17. The molecule has 114 valence electrons. The summed E-state index contributed by atoms with van der Waals surface area (Å²) in [4.78, 5) is 4.62. The highest BCUT2D eigenvalue weighted by Crippen LogP contribution is 2.27. The van der Waals surface area contributed by atoms with Crippen molar-refractivity contribution in [3.63, 3.8) is 0 Å². The van der Waals surface area contributed by atoms with Gasteiger partial charge in [0, 0.05) is 12.1 Å². The van der Waals surface area contributed by atoms with Gasteiger partial charge in [-0.3, -0.25) is 0 Å². The molecule has 0 radical (unpaired) electrons. The number of benzene rings is 2. The van der Waals surface area contributed by atoms with E-state index in [9.17, 15) is 0 Å². The number of hydrogen-bond acceptors (Lipinski definition) is 4. The first-order valence-corrected chi connectivity index (χ1v) is 7.48. The molecule has 4 rings (SSSR count). The van der Waals surface area contributed by atoms with Crippen molar-refractivity contribution in [3.8, 4) is 11.5 Å². The summed E-state index contributed by atoms with van der Waals surface area (Å²) in [7, 11) is 0. The number of aryl methyl sites for hydroxylation is 2. The van der Waals surface area contributed by atoms with E-state index in [4.69, 9.17) is 4.42 Å². The van der Waals surface area contributed by atoms with Crippen LogP contribution < -0.4 is 0 Å². The van der Waals surface area contributed by atoms with Crippen LogP contribution in [0.1, 0.15) is 16.7 Å². The summed E-state index contributed by atoms with van der Waals surface area (Å²) >= 11 is 0. The zero-order valence-electron chi connectivity index (χ0n) is 13.0. The second-order valence-corrected chi connectivity index (χ2v) is 5.78. The van der Waals surface area contributed by atoms with Crippen LogP contribution in [0.5, 0.6) is 0 Å². The zero-order chi connectivity index (χ0) is 15.8. The first kappa shape index (κ1) is 13.7. The molecule has 0 spiro atoms. The third-order valence-corrected chi connectivity index (χ3v) is 3.85. The fourth-order valence-electron chi connectivity index (χ4n) is 2.77. The van der Waals surface area contributed by atoms with Crippen molar-refractivity contribution >= 4 is 11.1 Å². The highest BCUT2D eigenvalue weighted by molar-refractivity contribution is 5.80. The molecular weight excluding hydrogens is 288 g/mol. The van der Waals surface area contributed by atoms with Gasteiger partial charge in [-0.1, -0.05) is 18.2 Å². The molecule has 0 amide bonds. The SMILES string of the molecule is Cc1cc(C)c2oc(-c3ccc(Cn4cnnc4)cc3)nc2c1. The quantitative estimate of drug-likeness (QED) is 0.578. The number of aromatic nitrogens is 4. The minimum atomic E-state index is 0.657. The van der Waals surface area contributed by atoms with E-state index in [1.54, 1.807) is 12.7 Å². The molecule has 0 aliphatic rings. The lowest BCUT2D eigenvalue weighted by Gasteiger charge is -2.02. The molecule has 0 atom stereocenters. The normalized spacial score (nSPS) is 11.2. The minimum Gasteiger partial charge on any atom is -0.436 e. The smallest absolute Gasteiger partial charge is 0.227 e. The maximum atomic E-state index is 5.95. The summed E-state index contributed by atoms with van der Waals surface area (Å²) in [6.45, 7) is 4.87. The van der Waals surface area contributed by atoms with Crippen LogP contribution >= 0.6 is 0 Å². The molecule has 4 aromatic rings. The molecule has 0 saturated carbocycles. The van der Waals surface area contributed by atoms with Gasteiger partial charge in [0.2, 0.25) is 5.89 Å². The van der Waals surface area contributed by atoms with Crippen LogP contribution in [0.15, 0.2) is 53.5 Å². The van der Waals surface area contributed by atoms with Crippen LogP contribution in [0.2, 0.25) is 0 Å². The largest absolute Gasteiger partial charge is 0.436 e. The van der Waals surface area contributed by atoms with E-state index in [1.807, 2.05) is 23.6 Å². The van der Waals surface area contributed by atoms with Crippen molar-refractivity contribution in [3.05, 3.63) is 65.7 Å². The molecule has 5 nitrogen and oxygen atoms in total. The summed E-state index contributed by atoms with van der Waals surface area (Å²) in [5, 5.41) is 7.62. The van der Waals surface area contributed by atoms with Gasteiger partial charge in [0.1, 0.15) is 18.2 Å². The monoisotopic (exact) mass is 304 g/mol. The van der Waals surface area contributed by atoms with Crippen molar-refractivity contribution in [2.75, 3.05) is 0 Å². The predicted octanol–water partition coefficient (Wildman–Crippen LogP) is 3.75. The fourth-order valence-corrected chi connectivity index (χ4v) is 2.77. The highest BCUT2D eigenvalue weighted by atomic mass is 16.3. The summed E-state index contributed by atoms with van der Waals surface area (Å²) in [6.07, 6.45) is 3.42. The summed E-state index contributed by atoms with van der Waals surface area (Å²) < 4.78 is 7.88. The van der Waals surface area contributed by atoms with E-state index >= 15 is 0 Å². The van der Waals surface area contributed by atoms with Gasteiger partial charge < -0.3 is 8.98 Å². The molecule has 5 heteroatoms. The Morgan fingerprint density at radius 3 is 2.48 bits per heavy atom. The third kappa shape index (κ3) is 2.61. The fraction of sp³-hybridized carbons (Fsp3) is 0.167. The van der Waals surface area contributed by atoms with Crippen LogP contribution in [0.25, 0.3) is 22.6 Å². The van der Waals surface area contributed by atoms with Gasteiger partial charge in [-0.25, -0.2) is 4.98 Å². The van der Waals surface area contributed by atoms with Gasteiger partial charge in [0.15, 0.2) is 5.58 Å². The lowest BCUT2D eigenvalue weighted by Crippen LogP contribution is -1.96. The van der Waals surface area contributed by atoms with Crippen molar-refractivity contribution < 1.29 is 4.42 Å². The number of nitrogens with zero attached hydrogens (tertiary/aromatic N) is 4. The van der Waals surface area contributed by atoms with E-state index in [0.717, 1.165) is 28.8 Å². The second-order valence-electron chi connectivity index (χ2n) is 5.78. The average molecular weight is 304 g/mol. The highest BCUT2D eigenvalue weighted by Gasteiger charge is 2.10. The van der Waals surface area contributed by atoms with Gasteiger partial charge >= 0.3 is 0 Å². The Balaban J connectivity index is 1.66. The molecule has 0 saturated heterocycles. The lowest BCUT2D eigenvalue weighted by molar-refractivity contribution is 0.617. The summed E-state index contributed by atoms with van der Waals surface area (Å²) in [5.41, 5.74) is 6.23. The van der Waals surface area contributed by atoms with Crippen molar-refractivity contribution in [1.82, 2.24) is 19.7 Å². The predicted molar refractivity (Wildman–Crippen MR) is 88.0 cm³/mol. The van der Waals surface area contributed by atoms with Gasteiger partial charge in [-0.05, 0) is 48.7 Å². The molecule has 23 heavy (non-hydrogen) atoms. The number of oxazole rings is 1. The van der Waals surface area contributed by atoms with Crippen LogP contribution in [0, 0.1) is 13.8 Å². The Bertz CT molecular complexity index is 953. The standard InChI is InChI=1S/C18H16N4O/c1-12-7-13(2)17-16(8-12)21-18(23-17)15-5-3-14(4-6-15)9-22-10-19-20-11-22/h3-8,10-11H,9H2,1-2H3. The van der Waals surface area contributed by atoms with Crippen molar-refractivity contribution in [2.24, 2.45) is 0 Å². The molecule has 0 N–H and O–H groups in total. The molecular formula is C18H16N4O. The maximum Gasteiger partial charge on any atom is 0.227 e. The van der Waals surface area contributed by atoms with E-state index in [2.05, 4.69) is 46.4 Å². The first-order chi connectivity index (χ1) is 11.2. The molecule has 2 heterocycles. The molecule has 2 aromatic carbocycles. The number of hydrogen-bond donors (Lipinski definition) is 0. The Kier molecular flexibility index (Phi) is 3.19. The van der Waals surface area contributed by atoms with Crippen molar-refractivity contribution in [1.29, 1.82) is 0 Å². The van der Waals surface area contributed by atoms with Crippen LogP contribution in [-0.4, -0.2) is 19.7 Å². The second kappa shape index (κ2) is 5.35. The summed E-state index contributed by atoms with van der Waals surface area (Å²) in [5.74, 6) is 0.657. The Hall–Kier alpha value is -2.95. The lowest BCUT2D eigenvalue weighted by atomic mass is 10.1. The third-order valence-electron chi connectivity index (χ3n) is 3.85. The maximum absolute atomic E-state index is 5.95. The van der Waals surface area contributed by atoms with E-state index in [0.29, 0.717) is 5.89 Å². The molecule has 2 aromatic heterocycles. The van der Waals surface area contributed by atoms with Crippen LogP contribution in [0.3, 0.4) is 0 Å². The number of rotatable bonds is 3.